The summed E-state index contributed by atoms with van der Waals surface area (Å²) in [6.07, 6.45) is 1.97. The second kappa shape index (κ2) is 10.3. The Labute approximate surface area is 258 Å². The second-order valence-electron chi connectivity index (χ2n) is 13.7. The molecule has 0 amide bonds. The molecule has 0 bridgehead atoms. The largest absolute Gasteiger partial charge is 0.253 e. The third kappa shape index (κ3) is 5.01. The van der Waals surface area contributed by atoms with Crippen molar-refractivity contribution in [2.45, 2.75) is 52.4 Å². The first kappa shape index (κ1) is 27.8. The molecule has 3 heterocycles. The fraction of sp³-hybridized carbons (Fsp3) is 0.200. The van der Waals surface area contributed by atoms with Gasteiger partial charge in [-0.3, -0.25) is 4.98 Å². The number of benzene rings is 4. The van der Waals surface area contributed by atoms with Crippen molar-refractivity contribution in [3.05, 3.63) is 121 Å². The molecule has 0 N–H and O–H groups in total. The highest BCUT2D eigenvalue weighted by molar-refractivity contribution is 6.05. The van der Waals surface area contributed by atoms with Crippen LogP contribution in [0.5, 0.6) is 0 Å². The van der Waals surface area contributed by atoms with E-state index >= 15 is 0 Å². The Kier molecular flexibility index (Phi) is 6.55. The molecule has 0 fully saturated rings. The van der Waals surface area contributed by atoms with Gasteiger partial charge in [-0.2, -0.15) is 0 Å². The molecule has 44 heavy (non-hydrogen) atoms. The van der Waals surface area contributed by atoms with Gasteiger partial charge in [-0.25, -0.2) is 15.0 Å². The first-order chi connectivity index (χ1) is 21.1. The topological polar surface area (TPSA) is 51.6 Å². The Hall–Kier alpha value is -4.96. The van der Waals surface area contributed by atoms with E-state index in [1.165, 1.54) is 5.56 Å². The van der Waals surface area contributed by atoms with Gasteiger partial charge in [0.1, 0.15) is 0 Å². The maximum atomic E-state index is 5.28. The molecule has 0 aliphatic carbocycles. The van der Waals surface area contributed by atoms with Crippen molar-refractivity contribution < 1.29 is 0 Å². The smallest absolute Gasteiger partial charge is 0.160 e. The number of hydrogen-bond donors (Lipinski definition) is 0. The van der Waals surface area contributed by atoms with Crippen molar-refractivity contribution in [2.75, 3.05) is 0 Å². The lowest BCUT2D eigenvalue weighted by Crippen LogP contribution is -2.15. The molecule has 3 aromatic heterocycles. The van der Waals surface area contributed by atoms with Gasteiger partial charge in [-0.15, -0.1) is 0 Å². The maximum absolute atomic E-state index is 5.28. The highest BCUT2D eigenvalue weighted by Crippen LogP contribution is 2.37. The summed E-state index contributed by atoms with van der Waals surface area (Å²) in [4.78, 5) is 20.3. The molecular formula is C40H36N4. The summed E-state index contributed by atoms with van der Waals surface area (Å²) in [7, 11) is 0. The van der Waals surface area contributed by atoms with Crippen LogP contribution in [0.15, 0.2) is 109 Å². The van der Waals surface area contributed by atoms with E-state index in [1.54, 1.807) is 0 Å². The Bertz CT molecular complexity index is 2170. The van der Waals surface area contributed by atoms with E-state index in [-0.39, 0.29) is 10.8 Å². The van der Waals surface area contributed by atoms with Crippen LogP contribution in [0, 0.1) is 0 Å². The number of hydrogen-bond acceptors (Lipinski definition) is 4. The van der Waals surface area contributed by atoms with Crippen molar-refractivity contribution in [3.63, 3.8) is 0 Å². The zero-order valence-electron chi connectivity index (χ0n) is 26.2. The minimum atomic E-state index is -0.155. The molecule has 7 aromatic rings. The third-order valence-corrected chi connectivity index (χ3v) is 8.26. The molecule has 0 aliphatic rings. The minimum Gasteiger partial charge on any atom is -0.253 e. The molecule has 0 unspecified atom stereocenters. The maximum Gasteiger partial charge on any atom is 0.160 e. The van der Waals surface area contributed by atoms with Gasteiger partial charge in [0, 0.05) is 44.5 Å². The summed E-state index contributed by atoms with van der Waals surface area (Å²) in [5.41, 5.74) is 10.2. The summed E-state index contributed by atoms with van der Waals surface area (Å²) < 4.78 is 0. The molecule has 0 atom stereocenters. The van der Waals surface area contributed by atoms with Gasteiger partial charge in [0.2, 0.25) is 0 Å². The van der Waals surface area contributed by atoms with Crippen molar-refractivity contribution in [3.8, 4) is 33.8 Å². The summed E-state index contributed by atoms with van der Waals surface area (Å²) in [6, 6.07) is 36.0. The number of fused-ring (bicyclic) bond motifs is 4. The van der Waals surface area contributed by atoms with Gasteiger partial charge in [0.25, 0.3) is 0 Å². The van der Waals surface area contributed by atoms with Gasteiger partial charge >= 0.3 is 0 Å². The summed E-state index contributed by atoms with van der Waals surface area (Å²) >= 11 is 0. The zero-order chi connectivity index (χ0) is 30.6. The highest BCUT2D eigenvalue weighted by atomic mass is 14.9. The van der Waals surface area contributed by atoms with Crippen LogP contribution in [0.2, 0.25) is 0 Å². The molecule has 0 saturated heterocycles. The fourth-order valence-corrected chi connectivity index (χ4v) is 5.97. The molecule has 0 saturated carbocycles. The summed E-state index contributed by atoms with van der Waals surface area (Å²) in [5, 5.41) is 3.24. The van der Waals surface area contributed by atoms with Crippen molar-refractivity contribution in [1.82, 2.24) is 19.9 Å². The average molecular weight is 573 g/mol. The molecule has 4 aromatic carbocycles. The molecule has 0 spiro atoms. The van der Waals surface area contributed by atoms with Crippen LogP contribution < -0.4 is 0 Å². The predicted octanol–water partition coefficient (Wildman–Crippen LogP) is 10.3. The molecule has 4 heteroatoms. The number of rotatable bonds is 3. The summed E-state index contributed by atoms with van der Waals surface area (Å²) in [5.74, 6) is 0.756. The van der Waals surface area contributed by atoms with E-state index in [4.69, 9.17) is 19.9 Å². The standard InChI is InChI=1S/C40H36N4/c1-39(2,3)32-23-29-18-17-28-21-30(24-41-35(28)36(29)43-34(32)25-13-9-7-10-14-25)27-19-20-33-31(22-27)37(40(4,5)6)44-38(42-33)26-15-11-8-12-16-26/h7-24H,1-6H3. The predicted molar refractivity (Wildman–Crippen MR) is 184 cm³/mol. The van der Waals surface area contributed by atoms with Gasteiger partial charge in [-0.1, -0.05) is 120 Å². The van der Waals surface area contributed by atoms with Gasteiger partial charge in [0.15, 0.2) is 5.82 Å². The second-order valence-corrected chi connectivity index (χ2v) is 13.7. The van der Waals surface area contributed by atoms with Crippen molar-refractivity contribution in [1.29, 1.82) is 0 Å². The molecule has 7 rings (SSSR count). The lowest BCUT2D eigenvalue weighted by molar-refractivity contribution is 0.575. The van der Waals surface area contributed by atoms with Gasteiger partial charge in [-0.05, 0) is 40.8 Å². The Balaban J connectivity index is 1.38. The lowest BCUT2D eigenvalue weighted by Gasteiger charge is -2.23. The van der Waals surface area contributed by atoms with Crippen LogP contribution in [-0.2, 0) is 10.8 Å². The van der Waals surface area contributed by atoms with Gasteiger partial charge < -0.3 is 0 Å². The van der Waals surface area contributed by atoms with Crippen molar-refractivity contribution >= 4 is 32.7 Å². The van der Waals surface area contributed by atoms with Gasteiger partial charge in [0.05, 0.1) is 27.9 Å². The van der Waals surface area contributed by atoms with Crippen LogP contribution in [0.1, 0.15) is 52.8 Å². The van der Waals surface area contributed by atoms with E-state index < -0.39 is 0 Å². The lowest BCUT2D eigenvalue weighted by atomic mass is 9.83. The Morgan fingerprint density at radius 3 is 1.82 bits per heavy atom. The number of nitrogens with zero attached hydrogens (tertiary/aromatic N) is 4. The first-order valence-corrected chi connectivity index (χ1v) is 15.2. The van der Waals surface area contributed by atoms with Crippen LogP contribution >= 0.6 is 0 Å². The van der Waals surface area contributed by atoms with Crippen LogP contribution in [0.4, 0.5) is 0 Å². The molecule has 0 radical (unpaired) electrons. The minimum absolute atomic E-state index is 0.0494. The fourth-order valence-electron chi connectivity index (χ4n) is 5.97. The monoisotopic (exact) mass is 572 g/mol. The van der Waals surface area contributed by atoms with Crippen LogP contribution in [0.3, 0.4) is 0 Å². The van der Waals surface area contributed by atoms with E-state index in [9.17, 15) is 0 Å². The average Bonchev–Trinajstić information content (AvgIpc) is 3.03. The van der Waals surface area contributed by atoms with E-state index in [0.29, 0.717) is 0 Å². The SMILES string of the molecule is CC(C)(C)c1cc2ccc3cc(-c4ccc5nc(-c6ccccc6)nc(C(C)(C)C)c5c4)cnc3c2nc1-c1ccccc1. The van der Waals surface area contributed by atoms with E-state index in [2.05, 4.69) is 120 Å². The molecular weight excluding hydrogens is 536 g/mol. The third-order valence-electron chi connectivity index (χ3n) is 8.26. The first-order valence-electron chi connectivity index (χ1n) is 15.2. The molecule has 0 aliphatic heterocycles. The van der Waals surface area contributed by atoms with Crippen molar-refractivity contribution in [2.24, 2.45) is 0 Å². The van der Waals surface area contributed by atoms with Crippen LogP contribution in [-0.4, -0.2) is 19.9 Å². The quantitative estimate of drug-likeness (QED) is 0.198. The molecule has 4 nitrogen and oxygen atoms in total. The van der Waals surface area contributed by atoms with E-state index in [0.717, 1.165) is 72.2 Å². The number of aromatic nitrogens is 4. The summed E-state index contributed by atoms with van der Waals surface area (Å²) in [6.45, 7) is 13.4. The zero-order valence-corrected chi connectivity index (χ0v) is 26.2. The van der Waals surface area contributed by atoms with E-state index in [1.807, 2.05) is 30.5 Å². The Morgan fingerprint density at radius 2 is 1.16 bits per heavy atom. The Morgan fingerprint density at radius 1 is 0.500 bits per heavy atom. The number of pyridine rings is 2. The normalized spacial score (nSPS) is 12.3. The van der Waals surface area contributed by atoms with Crippen LogP contribution in [0.25, 0.3) is 66.5 Å². The molecule has 216 valence electrons. The highest BCUT2D eigenvalue weighted by Gasteiger charge is 2.23.